The third kappa shape index (κ3) is 22.8. The van der Waals surface area contributed by atoms with Crippen LogP contribution in [-0.4, -0.2) is 170 Å². The number of unbranched alkanes of at least 4 members (excludes halogenated alkanes) is 5. The number of H-pyrrole nitrogens is 1. The van der Waals surface area contributed by atoms with Gasteiger partial charge in [0.05, 0.1) is 18.3 Å². The van der Waals surface area contributed by atoms with E-state index in [1.807, 2.05) is 0 Å². The molecule has 5 atom stereocenters. The minimum Gasteiger partial charge on any atom is -0.391 e. The number of pyridine rings is 1. The number of amides is 7. The first-order valence-electron chi connectivity index (χ1n) is 24.2. The first-order chi connectivity index (χ1) is 33.6. The number of nitrogens with zero attached hydrogens (tertiary/aromatic N) is 5. The zero-order valence-corrected chi connectivity index (χ0v) is 41.6. The highest BCUT2D eigenvalue weighted by molar-refractivity contribution is 7.80. The van der Waals surface area contributed by atoms with Crippen molar-refractivity contribution in [1.82, 2.24) is 45.6 Å². The predicted molar refractivity (Wildman–Crippen MR) is 269 cm³/mol. The normalized spacial score (nSPS) is 13.2. The molecule has 2 aromatic rings. The summed E-state index contributed by atoms with van der Waals surface area (Å²) in [5.41, 5.74) is 29.6. The minimum absolute atomic E-state index is 0.00102. The molecule has 2 heterocycles. The molecule has 392 valence electrons. The van der Waals surface area contributed by atoms with Gasteiger partial charge in [0.1, 0.15) is 24.2 Å². The molecule has 5 unspecified atom stereocenters. The van der Waals surface area contributed by atoms with Gasteiger partial charge in [-0.2, -0.15) is 12.6 Å². The van der Waals surface area contributed by atoms with Gasteiger partial charge in [0, 0.05) is 102 Å². The average Bonchev–Trinajstić information content (AvgIpc) is 3.85. The number of nitrogens with one attached hydrogen (secondary N) is 5. The Kier molecular flexibility index (Phi) is 29.9. The highest BCUT2D eigenvalue weighted by Gasteiger charge is 2.34. The Bertz CT molecular complexity index is 1900. The molecule has 0 aliphatic rings. The van der Waals surface area contributed by atoms with Crippen molar-refractivity contribution >= 4 is 59.8 Å². The van der Waals surface area contributed by atoms with Crippen molar-refractivity contribution in [1.29, 1.82) is 5.41 Å². The first-order valence-corrected chi connectivity index (χ1v) is 24.8. The Labute approximate surface area is 416 Å². The number of rotatable bonds is 38. The van der Waals surface area contributed by atoms with Gasteiger partial charge >= 0.3 is 0 Å². The number of thiol groups is 1. The van der Waals surface area contributed by atoms with Gasteiger partial charge in [-0.25, -0.2) is 4.98 Å². The van der Waals surface area contributed by atoms with Crippen LogP contribution in [0.25, 0.3) is 0 Å². The zero-order chi connectivity index (χ0) is 51.8. The first kappa shape index (κ1) is 60.4. The molecule has 2 aromatic heterocycles. The second-order valence-corrected chi connectivity index (χ2v) is 17.5. The fraction of sp³-hybridized carbons (Fsp3) is 0.652. The molecule has 0 aromatic carbocycles. The van der Waals surface area contributed by atoms with Crippen LogP contribution in [0.3, 0.4) is 0 Å². The van der Waals surface area contributed by atoms with Crippen molar-refractivity contribution in [2.24, 2.45) is 28.7 Å². The highest BCUT2D eigenvalue weighted by Crippen LogP contribution is 2.16. The average molecular weight is 1000 g/mol. The summed E-state index contributed by atoms with van der Waals surface area (Å²) in [6.45, 7) is 1.56. The van der Waals surface area contributed by atoms with Crippen LogP contribution in [0.5, 0.6) is 0 Å². The second-order valence-electron chi connectivity index (χ2n) is 17.1. The Morgan fingerprint density at radius 1 is 0.714 bits per heavy atom. The summed E-state index contributed by atoms with van der Waals surface area (Å²) in [5, 5.41) is 25.7. The van der Waals surface area contributed by atoms with Crippen LogP contribution in [0.1, 0.15) is 102 Å². The van der Waals surface area contributed by atoms with E-state index in [0.717, 1.165) is 0 Å². The predicted octanol–water partition coefficient (Wildman–Crippen LogP) is -1.42. The van der Waals surface area contributed by atoms with E-state index < -0.39 is 59.8 Å². The molecule has 0 bridgehead atoms. The van der Waals surface area contributed by atoms with E-state index >= 15 is 0 Å². The summed E-state index contributed by atoms with van der Waals surface area (Å²) in [5.74, 6) is -3.39. The second kappa shape index (κ2) is 34.6. The summed E-state index contributed by atoms with van der Waals surface area (Å²) in [4.78, 5) is 111. The van der Waals surface area contributed by atoms with E-state index in [1.165, 1.54) is 34.1 Å². The van der Waals surface area contributed by atoms with Crippen LogP contribution in [0.15, 0.2) is 36.9 Å². The van der Waals surface area contributed by atoms with Gasteiger partial charge in [0.2, 0.25) is 41.4 Å². The maximum Gasteiger partial charge on any atom is 0.243 e. The van der Waals surface area contributed by atoms with Crippen molar-refractivity contribution in [3.63, 3.8) is 0 Å². The molecule has 2 rings (SSSR count). The molecule has 0 aliphatic carbocycles. The van der Waals surface area contributed by atoms with E-state index in [2.05, 4.69) is 43.5 Å². The molecule has 0 spiro atoms. The van der Waals surface area contributed by atoms with E-state index in [4.69, 9.17) is 34.1 Å². The van der Waals surface area contributed by atoms with Crippen molar-refractivity contribution < 1.29 is 38.7 Å². The molecule has 0 radical (unpaired) electrons. The fourth-order valence-electron chi connectivity index (χ4n) is 7.67. The lowest BCUT2D eigenvalue weighted by Crippen LogP contribution is -2.56. The molecule has 16 N–H and O–H groups in total. The number of carbonyl (C=O) groups excluding carboxylic acids is 7. The quantitative estimate of drug-likeness (QED) is 0.0159. The third-order valence-corrected chi connectivity index (χ3v) is 11.8. The van der Waals surface area contributed by atoms with Crippen molar-refractivity contribution in [2.45, 2.75) is 134 Å². The number of carbonyl (C=O) groups is 7. The number of aromatic nitrogens is 3. The number of hydrogen-bond donors (Lipinski definition) is 12. The Balaban J connectivity index is 2.45. The van der Waals surface area contributed by atoms with E-state index in [9.17, 15) is 38.7 Å². The van der Waals surface area contributed by atoms with Gasteiger partial charge in [-0.15, -0.1) is 0 Å². The zero-order valence-electron chi connectivity index (χ0n) is 40.7. The summed E-state index contributed by atoms with van der Waals surface area (Å²) in [6, 6.07) is 0.707. The molecular weight excluding hydrogens is 923 g/mol. The lowest BCUT2D eigenvalue weighted by atomic mass is 10.0. The van der Waals surface area contributed by atoms with Crippen LogP contribution < -0.4 is 44.6 Å². The molecule has 0 aliphatic heterocycles. The fourth-order valence-corrected chi connectivity index (χ4v) is 7.86. The van der Waals surface area contributed by atoms with Gasteiger partial charge in [-0.05, 0) is 82.8 Å². The Morgan fingerprint density at radius 3 is 1.71 bits per heavy atom. The van der Waals surface area contributed by atoms with Crippen LogP contribution in [0, 0.1) is 5.41 Å². The van der Waals surface area contributed by atoms with Gasteiger partial charge in [-0.1, -0.05) is 18.9 Å². The smallest absolute Gasteiger partial charge is 0.243 e. The van der Waals surface area contributed by atoms with E-state index in [0.29, 0.717) is 82.3 Å². The number of primary amides is 1. The van der Waals surface area contributed by atoms with E-state index in [1.54, 1.807) is 24.4 Å². The van der Waals surface area contributed by atoms with Crippen LogP contribution >= 0.6 is 12.6 Å². The van der Waals surface area contributed by atoms with Crippen LogP contribution in [-0.2, 0) is 46.4 Å². The summed E-state index contributed by atoms with van der Waals surface area (Å²) in [7, 11) is 0. The number of imidazole rings is 1. The van der Waals surface area contributed by atoms with Crippen LogP contribution in [0.2, 0.25) is 0 Å². The summed E-state index contributed by atoms with van der Waals surface area (Å²) >= 11 is 4.24. The number of nitrogens with two attached hydrogens (primary N) is 5. The Hall–Kier alpha value is -5.69. The molecular formula is C46H79N15O8S. The molecule has 0 saturated carbocycles. The maximum absolute atomic E-state index is 14.4. The number of hydrogen-bond acceptors (Lipinski definition) is 15. The van der Waals surface area contributed by atoms with E-state index in [-0.39, 0.29) is 101 Å². The van der Waals surface area contributed by atoms with Crippen LogP contribution in [0.4, 0.5) is 0 Å². The number of aliphatic hydroxyl groups is 1. The standard InChI is InChI=1S/C46H79N15O8S/c1-32(62)42(51)46(69)57-23-26-61(41(65)17-27-70)36(28-33-12-8-11-20-54-33)44(67)56-22-25-60(40(64)16-6-3-9-18-47)37(29-34-30-53-31-58-34)45(68)55-21-24-59(35(43(52)66)13-7-10-19-48)39(63)15-5-2-4-14-38(49)50/h8,11-12,20,30-32,35-37,42,62,70H,2-7,9-10,13-19,21-29,47-48,51H2,1H3,(H3,49,50)(H2,52,66)(H,53,58)(H,55,68)(H,56,67)(H,57,69). The van der Waals surface area contributed by atoms with Gasteiger partial charge in [0.25, 0.3) is 0 Å². The topological polar surface area (TPSA) is 381 Å². The minimum atomic E-state index is -1.21. The monoisotopic (exact) mass is 1000 g/mol. The van der Waals surface area contributed by atoms with Gasteiger partial charge in [-0.3, -0.25) is 44.0 Å². The van der Waals surface area contributed by atoms with Crippen molar-refractivity contribution in [3.05, 3.63) is 48.3 Å². The van der Waals surface area contributed by atoms with Crippen molar-refractivity contribution in [3.8, 4) is 0 Å². The lowest BCUT2D eigenvalue weighted by molar-refractivity contribution is -0.142. The molecule has 23 nitrogen and oxygen atoms in total. The molecule has 70 heavy (non-hydrogen) atoms. The summed E-state index contributed by atoms with van der Waals surface area (Å²) < 4.78 is 0. The molecule has 0 saturated heterocycles. The SMILES string of the molecule is CC(O)C(N)C(=O)NCCN(C(=O)CCS)C(Cc1ccccn1)C(=O)NCCN(C(=O)CCCCCN)C(Cc1cnc[nH]1)C(=O)NCCN(C(=O)CCCCCC(=N)N)C(CCCCN)C(N)=O. The largest absolute Gasteiger partial charge is 0.391 e. The third-order valence-electron chi connectivity index (χ3n) is 11.6. The molecule has 24 heteroatoms. The lowest BCUT2D eigenvalue weighted by Gasteiger charge is -2.33. The van der Waals surface area contributed by atoms with Crippen molar-refractivity contribution in [2.75, 3.05) is 58.1 Å². The molecule has 0 fully saturated rings. The molecule has 7 amide bonds. The Morgan fingerprint density at radius 2 is 1.23 bits per heavy atom. The number of aliphatic hydroxyl groups excluding tert-OH is 1. The highest BCUT2D eigenvalue weighted by atomic mass is 32.1. The maximum atomic E-state index is 14.4. The van der Waals surface area contributed by atoms with Gasteiger partial charge in [0.15, 0.2) is 0 Å². The number of amidine groups is 1. The summed E-state index contributed by atoms with van der Waals surface area (Å²) in [6.07, 6.45) is 8.92. The number of aromatic amines is 1. The van der Waals surface area contributed by atoms with Gasteiger partial charge < -0.3 is 69.4 Å².